The molecule has 0 heterocycles. The molecule has 0 aromatic heterocycles. The van der Waals surface area contributed by atoms with Gasteiger partial charge in [-0.3, -0.25) is 0 Å². The molecule has 0 saturated heterocycles. The van der Waals surface area contributed by atoms with Crippen molar-refractivity contribution >= 4 is 100 Å². The molecule has 0 aliphatic rings. The Balaban J connectivity index is -0.00000000381. The van der Waals surface area contributed by atoms with Gasteiger partial charge in [0.1, 0.15) is 0 Å². The molecule has 0 bridgehead atoms. The van der Waals surface area contributed by atoms with Gasteiger partial charge in [-0.1, -0.05) is 0 Å². The van der Waals surface area contributed by atoms with Gasteiger partial charge >= 0.3 is 82.9 Å². The Kier molecular flexibility index (Phi) is 134. The molecule has 12 heteroatoms. The first-order valence-electron chi connectivity index (χ1n) is 0.783. The second-order valence-corrected chi connectivity index (χ2v) is 1.54. The van der Waals surface area contributed by atoms with Crippen LogP contribution in [0.3, 0.4) is 0 Å². The molecule has 73 valence electrons. The zero-order chi connectivity index (χ0) is 4.50. The van der Waals surface area contributed by atoms with Crippen LogP contribution in [0.4, 0.5) is 0 Å². The van der Waals surface area contributed by atoms with Gasteiger partial charge in [0.15, 0.2) is 17.4 Å². The molecule has 0 rings (SSSR count). The van der Waals surface area contributed by atoms with Crippen molar-refractivity contribution in [2.45, 2.75) is 0 Å². The molecule has 0 aromatic rings. The average Bonchev–Trinajstić information content (AvgIpc) is 0.722. The van der Waals surface area contributed by atoms with E-state index >= 15 is 0 Å². The van der Waals surface area contributed by atoms with Crippen molar-refractivity contribution in [2.24, 2.45) is 0 Å². The Bertz CT molecular complexity index is 77.6. The Morgan fingerprint density at radius 1 is 1.08 bits per heavy atom. The van der Waals surface area contributed by atoms with E-state index in [-0.39, 0.29) is 149 Å². The van der Waals surface area contributed by atoms with E-state index in [9.17, 15) is 0 Å². The molecule has 0 aliphatic carbocycles. The van der Waals surface area contributed by atoms with Crippen molar-refractivity contribution in [1.82, 2.24) is 0 Å². The van der Waals surface area contributed by atoms with E-state index < -0.39 is 7.82 Å². The fourth-order valence-electron chi connectivity index (χ4n) is 0. The predicted octanol–water partition coefficient (Wildman–Crippen LogP) is -4.51. The molecule has 0 unspecified atom stereocenters. The third kappa shape index (κ3) is 126. The van der Waals surface area contributed by atoms with E-state index in [1.54, 1.807) is 0 Å². The Morgan fingerprint density at radius 3 is 1.08 bits per heavy atom. The summed E-state index contributed by atoms with van der Waals surface area (Å²) in [6, 6.07) is 0. The van der Waals surface area contributed by atoms with Crippen molar-refractivity contribution in [3.05, 3.63) is 0 Å². The van der Waals surface area contributed by atoms with Gasteiger partial charge in [-0.25, -0.2) is 4.57 Å². The predicted molar refractivity (Wildman–Crippen MR) is 43.5 cm³/mol. The van der Waals surface area contributed by atoms with Crippen molar-refractivity contribution in [1.29, 1.82) is 0 Å². The number of hydrogen-bond donors (Lipinski definition) is 3. The third-order valence-corrected chi connectivity index (χ3v) is 0. The van der Waals surface area contributed by atoms with Crippen LogP contribution in [0.5, 0.6) is 0 Å². The summed E-state index contributed by atoms with van der Waals surface area (Å²) < 4.78 is 8.88. The van der Waals surface area contributed by atoms with Gasteiger partial charge in [-0.05, 0) is 0 Å². The van der Waals surface area contributed by atoms with Crippen molar-refractivity contribution in [2.75, 3.05) is 0 Å². The normalized spacial score (nSPS) is 4.92. The van der Waals surface area contributed by atoms with Crippen LogP contribution >= 0.6 is 7.82 Å². The van der Waals surface area contributed by atoms with Gasteiger partial charge in [-0.2, -0.15) is 0 Å². The topological polar surface area (TPSA) is 109 Å². The van der Waals surface area contributed by atoms with Crippen LogP contribution in [-0.2, 0) is 56.1 Å². The summed E-state index contributed by atoms with van der Waals surface area (Å²) in [7, 11) is -4.64. The second kappa shape index (κ2) is 29.6. The van der Waals surface area contributed by atoms with Crippen LogP contribution in [0, 0.1) is 0 Å². The van der Waals surface area contributed by atoms with Gasteiger partial charge in [0.2, 0.25) is 0 Å². The second-order valence-electron chi connectivity index (χ2n) is 0.513. The molecule has 0 atom stereocenters. The number of hydrogen-bond acceptors (Lipinski definition) is 1. The molecule has 0 aliphatic heterocycles. The zero-order valence-electron chi connectivity index (χ0n) is 3.84. The molecule has 5 N–H and O–H groups in total. The Labute approximate surface area is 173 Å². The average molecular weight is 422 g/mol. The van der Waals surface area contributed by atoms with E-state index in [2.05, 4.69) is 0 Å². The minimum absolute atomic E-state index is 0. The van der Waals surface area contributed by atoms with Crippen LogP contribution in [0.2, 0.25) is 0 Å². The van der Waals surface area contributed by atoms with Crippen LogP contribution in [-0.4, -0.2) is 113 Å². The van der Waals surface area contributed by atoms with E-state index in [0.29, 0.717) is 0 Å². The Hall–Kier alpha value is 4.65. The maximum absolute atomic E-state index is 8.88. The fraction of sp³-hybridized carbons (Fsp3) is 0. The van der Waals surface area contributed by atoms with Crippen LogP contribution in [0.1, 0.15) is 0 Å². The SMILES string of the molecule is O.O=P(O)(O)O.[AlH3].[Cr].[Fe].[Mn].[NaH].[SrH2]. The van der Waals surface area contributed by atoms with Gasteiger partial charge in [0.05, 0.1) is 0 Å². The standard InChI is InChI=1S/Al.Cr.Fe.Mn.Na.H3O4P.H2O.Sr.6H/c;;;;;1-5(2,3)4;;;;;;;;/h;;;;;(H3,1,2,3,4);1H2;;;;;;;. The zero-order valence-corrected chi connectivity index (χ0v) is 8.29. The number of phosphoric acid groups is 1. The summed E-state index contributed by atoms with van der Waals surface area (Å²) >= 11 is 0. The molecule has 0 fully saturated rings. The summed E-state index contributed by atoms with van der Waals surface area (Å²) in [5.74, 6) is 0. The molecular formula is H11AlCrFeMnNaO5PSr. The summed E-state index contributed by atoms with van der Waals surface area (Å²) in [6.45, 7) is 0. The monoisotopic (exact) mass is 423 g/mol. The van der Waals surface area contributed by atoms with Crippen molar-refractivity contribution in [3.63, 3.8) is 0 Å². The molecule has 0 saturated carbocycles. The van der Waals surface area contributed by atoms with Crippen molar-refractivity contribution < 1.29 is 76.2 Å². The maximum atomic E-state index is 8.88. The molecule has 5 nitrogen and oxygen atoms in total. The number of rotatable bonds is 0. The van der Waals surface area contributed by atoms with Crippen LogP contribution < -0.4 is 0 Å². The first-order valence-corrected chi connectivity index (χ1v) is 2.35. The molecule has 0 aromatic carbocycles. The minimum atomic E-state index is -4.64. The van der Waals surface area contributed by atoms with Gasteiger partial charge < -0.3 is 20.2 Å². The molecular weight excluding hydrogens is 411 g/mol. The summed E-state index contributed by atoms with van der Waals surface area (Å²) in [5, 5.41) is 0. The molecule has 0 spiro atoms. The fourth-order valence-corrected chi connectivity index (χ4v) is 0. The third-order valence-electron chi connectivity index (χ3n) is 0. The molecule has 12 heavy (non-hydrogen) atoms. The summed E-state index contributed by atoms with van der Waals surface area (Å²) in [5.41, 5.74) is 0. The van der Waals surface area contributed by atoms with Gasteiger partial charge in [0.25, 0.3) is 0 Å². The van der Waals surface area contributed by atoms with E-state index in [0.717, 1.165) is 0 Å². The summed E-state index contributed by atoms with van der Waals surface area (Å²) in [4.78, 5) is 21.6. The molecule has 1 radical (unpaired) electrons. The van der Waals surface area contributed by atoms with Crippen LogP contribution in [0.15, 0.2) is 0 Å². The van der Waals surface area contributed by atoms with E-state index in [1.807, 2.05) is 0 Å². The Morgan fingerprint density at radius 2 is 1.08 bits per heavy atom. The quantitative estimate of drug-likeness (QED) is 0.270. The van der Waals surface area contributed by atoms with Crippen LogP contribution in [0.25, 0.3) is 0 Å². The van der Waals surface area contributed by atoms with E-state index in [4.69, 9.17) is 19.2 Å². The summed E-state index contributed by atoms with van der Waals surface area (Å²) in [6.07, 6.45) is 0. The first-order chi connectivity index (χ1) is 2.00. The molecule has 0 amide bonds. The van der Waals surface area contributed by atoms with Crippen molar-refractivity contribution in [3.8, 4) is 0 Å². The van der Waals surface area contributed by atoms with E-state index in [1.165, 1.54) is 0 Å². The van der Waals surface area contributed by atoms with Gasteiger partial charge in [0, 0.05) is 51.5 Å². The van der Waals surface area contributed by atoms with Gasteiger partial charge in [-0.15, -0.1) is 0 Å². The first kappa shape index (κ1) is 54.5.